The molecule has 0 atom stereocenters. The van der Waals surface area contributed by atoms with Gasteiger partial charge in [0.15, 0.2) is 0 Å². The zero-order valence-electron chi connectivity index (χ0n) is 8.80. The number of hydrogen-bond acceptors (Lipinski definition) is 4. The number of halogens is 2. The van der Waals surface area contributed by atoms with E-state index in [1.165, 1.54) is 6.08 Å². The van der Waals surface area contributed by atoms with Crippen molar-refractivity contribution in [2.24, 2.45) is 0 Å². The minimum atomic E-state index is -1.07. The molecule has 0 spiro atoms. The van der Waals surface area contributed by atoms with Gasteiger partial charge < -0.3 is 9.52 Å². The van der Waals surface area contributed by atoms with Gasteiger partial charge in [-0.15, -0.1) is 10.2 Å². The lowest BCUT2D eigenvalue weighted by molar-refractivity contribution is -0.131. The Kier molecular flexibility index (Phi) is 3.93. The summed E-state index contributed by atoms with van der Waals surface area (Å²) in [4.78, 5) is 10.4. The number of benzene rings is 1. The average molecular weight is 374 g/mol. The fourth-order valence-electron chi connectivity index (χ4n) is 1.21. The van der Waals surface area contributed by atoms with Crippen molar-refractivity contribution in [3.05, 3.63) is 39.1 Å². The molecule has 7 heteroatoms. The molecule has 0 saturated carbocycles. The minimum absolute atomic E-state index is 0.138. The van der Waals surface area contributed by atoms with Crippen LogP contribution in [0.25, 0.3) is 17.5 Å². The summed E-state index contributed by atoms with van der Waals surface area (Å²) in [6.45, 7) is 0. The molecule has 18 heavy (non-hydrogen) atoms. The smallest absolute Gasteiger partial charge is 0.328 e. The molecule has 5 nitrogen and oxygen atoms in total. The van der Waals surface area contributed by atoms with Crippen LogP contribution in [0.15, 0.2) is 37.6 Å². The Bertz CT molecular complexity index is 623. The van der Waals surface area contributed by atoms with Crippen LogP contribution in [-0.2, 0) is 4.79 Å². The van der Waals surface area contributed by atoms with Gasteiger partial charge in [-0.05, 0) is 34.1 Å². The van der Waals surface area contributed by atoms with Crippen LogP contribution < -0.4 is 0 Å². The molecule has 2 aromatic rings. The predicted molar refractivity (Wildman–Crippen MR) is 71.8 cm³/mol. The van der Waals surface area contributed by atoms with E-state index in [2.05, 4.69) is 42.1 Å². The van der Waals surface area contributed by atoms with Crippen molar-refractivity contribution in [1.82, 2.24) is 10.2 Å². The second-order valence-electron chi connectivity index (χ2n) is 3.24. The van der Waals surface area contributed by atoms with Gasteiger partial charge in [0.1, 0.15) is 0 Å². The summed E-state index contributed by atoms with van der Waals surface area (Å²) < 4.78 is 7.02. The molecule has 0 aliphatic heterocycles. The average Bonchev–Trinajstić information content (AvgIpc) is 2.78. The van der Waals surface area contributed by atoms with Crippen LogP contribution in [-0.4, -0.2) is 21.3 Å². The summed E-state index contributed by atoms with van der Waals surface area (Å²) in [5, 5.41) is 16.1. The molecule has 0 saturated heterocycles. The van der Waals surface area contributed by atoms with E-state index in [0.29, 0.717) is 5.89 Å². The van der Waals surface area contributed by atoms with Crippen molar-refractivity contribution in [1.29, 1.82) is 0 Å². The Morgan fingerprint density at radius 1 is 1.33 bits per heavy atom. The summed E-state index contributed by atoms with van der Waals surface area (Å²) in [5.41, 5.74) is 0.729. The third kappa shape index (κ3) is 3.05. The summed E-state index contributed by atoms with van der Waals surface area (Å²) in [6, 6.07) is 5.54. The van der Waals surface area contributed by atoms with E-state index in [9.17, 15) is 4.79 Å². The van der Waals surface area contributed by atoms with Gasteiger partial charge in [0, 0.05) is 21.1 Å². The molecular formula is C11H6Br2N2O3. The maximum Gasteiger partial charge on any atom is 0.328 e. The van der Waals surface area contributed by atoms with Gasteiger partial charge in [0.25, 0.3) is 0 Å². The van der Waals surface area contributed by atoms with E-state index < -0.39 is 5.97 Å². The summed E-state index contributed by atoms with van der Waals surface area (Å²) >= 11 is 6.73. The van der Waals surface area contributed by atoms with Gasteiger partial charge in [-0.25, -0.2) is 4.79 Å². The van der Waals surface area contributed by atoms with Crippen LogP contribution >= 0.6 is 31.9 Å². The topological polar surface area (TPSA) is 76.2 Å². The number of nitrogens with zero attached hydrogens (tertiary/aromatic N) is 2. The van der Waals surface area contributed by atoms with E-state index >= 15 is 0 Å². The Balaban J connectivity index is 2.35. The first-order chi connectivity index (χ1) is 8.56. The van der Waals surface area contributed by atoms with E-state index in [4.69, 9.17) is 9.52 Å². The standard InChI is InChI=1S/C11H6Br2N2O3/c12-6-1-2-8(13)7(5-6)11-15-14-9(18-11)3-4-10(16)17/h1-5H,(H,16,17)/b4-3+. The maximum absolute atomic E-state index is 10.4. The van der Waals surface area contributed by atoms with E-state index in [1.807, 2.05) is 18.2 Å². The first-order valence-corrected chi connectivity index (χ1v) is 6.35. The fraction of sp³-hybridized carbons (Fsp3) is 0. The Labute approximate surface area is 119 Å². The molecule has 1 N–H and O–H groups in total. The third-order valence-electron chi connectivity index (χ3n) is 1.97. The van der Waals surface area contributed by atoms with Gasteiger partial charge in [-0.2, -0.15) is 0 Å². The van der Waals surface area contributed by atoms with E-state index in [-0.39, 0.29) is 5.89 Å². The highest BCUT2D eigenvalue weighted by atomic mass is 79.9. The highest BCUT2D eigenvalue weighted by Crippen LogP contribution is 2.30. The van der Waals surface area contributed by atoms with E-state index in [0.717, 1.165) is 20.6 Å². The zero-order chi connectivity index (χ0) is 13.1. The van der Waals surface area contributed by atoms with Crippen LogP contribution in [0, 0.1) is 0 Å². The molecule has 2 rings (SSSR count). The lowest BCUT2D eigenvalue weighted by atomic mass is 10.2. The summed E-state index contributed by atoms with van der Waals surface area (Å²) in [7, 11) is 0. The van der Waals surface area contributed by atoms with Crippen molar-refractivity contribution in [2.45, 2.75) is 0 Å². The van der Waals surface area contributed by atoms with Crippen molar-refractivity contribution in [2.75, 3.05) is 0 Å². The molecule has 0 bridgehead atoms. The highest BCUT2D eigenvalue weighted by Gasteiger charge is 2.11. The summed E-state index contributed by atoms with van der Waals surface area (Å²) in [6.07, 6.45) is 2.18. The van der Waals surface area contributed by atoms with Gasteiger partial charge in [-0.3, -0.25) is 0 Å². The van der Waals surface area contributed by atoms with Crippen LogP contribution in [0.3, 0.4) is 0 Å². The number of carboxylic acid groups (broad SMARTS) is 1. The SMILES string of the molecule is O=C(O)/C=C/c1nnc(-c2cc(Br)ccc2Br)o1. The lowest BCUT2D eigenvalue weighted by Crippen LogP contribution is -1.85. The minimum Gasteiger partial charge on any atom is -0.478 e. The van der Waals surface area contributed by atoms with Crippen molar-refractivity contribution < 1.29 is 14.3 Å². The van der Waals surface area contributed by atoms with E-state index in [1.54, 1.807) is 0 Å². The number of rotatable bonds is 3. The molecule has 92 valence electrons. The zero-order valence-corrected chi connectivity index (χ0v) is 12.0. The molecule has 1 aromatic heterocycles. The van der Waals surface area contributed by atoms with Crippen molar-refractivity contribution in [3.63, 3.8) is 0 Å². The van der Waals surface area contributed by atoms with Gasteiger partial charge in [0.05, 0.1) is 5.56 Å². The predicted octanol–water partition coefficient (Wildman–Crippen LogP) is 3.36. The Morgan fingerprint density at radius 2 is 2.11 bits per heavy atom. The van der Waals surface area contributed by atoms with Crippen LogP contribution in [0.4, 0.5) is 0 Å². The number of carboxylic acids is 1. The van der Waals surface area contributed by atoms with Crippen LogP contribution in [0.2, 0.25) is 0 Å². The number of hydrogen-bond donors (Lipinski definition) is 1. The second kappa shape index (κ2) is 5.45. The molecule has 0 aliphatic carbocycles. The normalized spacial score (nSPS) is 11.0. The van der Waals surface area contributed by atoms with Crippen molar-refractivity contribution in [3.8, 4) is 11.5 Å². The third-order valence-corrected chi connectivity index (χ3v) is 3.15. The number of aromatic nitrogens is 2. The monoisotopic (exact) mass is 372 g/mol. The molecule has 1 aromatic carbocycles. The second-order valence-corrected chi connectivity index (χ2v) is 5.01. The van der Waals surface area contributed by atoms with Crippen molar-refractivity contribution >= 4 is 43.9 Å². The molecule has 0 radical (unpaired) electrons. The largest absolute Gasteiger partial charge is 0.478 e. The number of aliphatic carboxylic acids is 1. The fourth-order valence-corrected chi connectivity index (χ4v) is 1.99. The van der Waals surface area contributed by atoms with Crippen LogP contribution in [0.1, 0.15) is 5.89 Å². The Morgan fingerprint density at radius 3 is 2.83 bits per heavy atom. The lowest BCUT2D eigenvalue weighted by Gasteiger charge is -1.99. The molecule has 0 unspecified atom stereocenters. The van der Waals surface area contributed by atoms with Crippen LogP contribution in [0.5, 0.6) is 0 Å². The highest BCUT2D eigenvalue weighted by molar-refractivity contribution is 9.11. The molecular weight excluding hydrogens is 368 g/mol. The van der Waals surface area contributed by atoms with Gasteiger partial charge in [-0.1, -0.05) is 15.9 Å². The first-order valence-electron chi connectivity index (χ1n) is 4.76. The molecule has 0 aliphatic rings. The first kappa shape index (κ1) is 13.0. The molecule has 0 amide bonds. The number of carbonyl (C=O) groups is 1. The Hall–Kier alpha value is -1.47. The summed E-state index contributed by atoms with van der Waals surface area (Å²) in [5.74, 6) is -0.620. The molecule has 1 heterocycles. The quantitative estimate of drug-likeness (QED) is 0.834. The van der Waals surface area contributed by atoms with Gasteiger partial charge in [0.2, 0.25) is 11.8 Å². The molecule has 0 fully saturated rings. The maximum atomic E-state index is 10.4. The van der Waals surface area contributed by atoms with Gasteiger partial charge >= 0.3 is 5.97 Å².